The monoisotopic (exact) mass is 329 g/mol. The number of ketones is 1. The van der Waals surface area contributed by atoms with Crippen LogP contribution in [0.25, 0.3) is 11.4 Å². The zero-order chi connectivity index (χ0) is 17.6. The van der Waals surface area contributed by atoms with Crippen LogP contribution >= 0.6 is 0 Å². The number of hydrogen-bond acceptors (Lipinski definition) is 7. The van der Waals surface area contributed by atoms with Crippen LogP contribution in [0.3, 0.4) is 0 Å². The Kier molecular flexibility index (Phi) is 5.51. The third kappa shape index (κ3) is 5.38. The molecule has 0 aliphatic carbocycles. The summed E-state index contributed by atoms with van der Waals surface area (Å²) in [4.78, 5) is 23.4. The standard InChI is InChI=1S/C16H19N5O3/c1-16(2,3)17-15(23)24-10-9-12(22)14-20-18-13(19-21-14)11-7-5-4-6-8-11/h4-8H,9-10H2,1-3H3,(H,17,23). The normalized spacial score (nSPS) is 11.0. The van der Waals surface area contributed by atoms with E-state index < -0.39 is 17.4 Å². The fraction of sp³-hybridized carbons (Fsp3) is 0.375. The zero-order valence-corrected chi connectivity index (χ0v) is 13.8. The number of nitrogens with one attached hydrogen (secondary N) is 1. The van der Waals surface area contributed by atoms with Gasteiger partial charge in [-0.25, -0.2) is 4.79 Å². The van der Waals surface area contributed by atoms with Crippen molar-refractivity contribution in [3.8, 4) is 11.4 Å². The van der Waals surface area contributed by atoms with Crippen LogP contribution in [-0.4, -0.2) is 44.4 Å². The van der Waals surface area contributed by atoms with E-state index in [9.17, 15) is 9.59 Å². The van der Waals surface area contributed by atoms with Crippen LogP contribution in [0.2, 0.25) is 0 Å². The number of amides is 1. The molecule has 0 aliphatic heterocycles. The quantitative estimate of drug-likeness (QED) is 0.836. The first-order chi connectivity index (χ1) is 11.3. The Morgan fingerprint density at radius 3 is 2.25 bits per heavy atom. The molecule has 0 spiro atoms. The van der Waals surface area contributed by atoms with Gasteiger partial charge in [-0.3, -0.25) is 4.79 Å². The minimum atomic E-state index is -0.577. The summed E-state index contributed by atoms with van der Waals surface area (Å²) < 4.78 is 4.94. The second-order valence-corrected chi connectivity index (χ2v) is 6.10. The third-order valence-electron chi connectivity index (χ3n) is 2.80. The average Bonchev–Trinajstić information content (AvgIpc) is 2.54. The van der Waals surface area contributed by atoms with Crippen molar-refractivity contribution in [2.75, 3.05) is 6.61 Å². The van der Waals surface area contributed by atoms with Crippen molar-refractivity contribution in [3.63, 3.8) is 0 Å². The lowest BCUT2D eigenvalue weighted by Gasteiger charge is -2.19. The van der Waals surface area contributed by atoms with E-state index in [1.807, 2.05) is 51.1 Å². The highest BCUT2D eigenvalue weighted by Crippen LogP contribution is 2.11. The van der Waals surface area contributed by atoms with Crippen LogP contribution in [0.5, 0.6) is 0 Å². The van der Waals surface area contributed by atoms with Gasteiger partial charge in [0, 0.05) is 17.5 Å². The first kappa shape index (κ1) is 17.5. The maximum Gasteiger partial charge on any atom is 0.407 e. The van der Waals surface area contributed by atoms with Crippen LogP contribution in [-0.2, 0) is 4.74 Å². The molecule has 1 aromatic carbocycles. The molecule has 1 heterocycles. The maximum atomic E-state index is 11.9. The number of aromatic nitrogens is 4. The van der Waals surface area contributed by atoms with Crippen molar-refractivity contribution in [1.82, 2.24) is 25.7 Å². The number of alkyl carbamates (subject to hydrolysis) is 1. The van der Waals surface area contributed by atoms with Gasteiger partial charge in [0.1, 0.15) is 6.61 Å². The van der Waals surface area contributed by atoms with Gasteiger partial charge in [0.15, 0.2) is 0 Å². The van der Waals surface area contributed by atoms with Gasteiger partial charge < -0.3 is 10.1 Å². The lowest BCUT2D eigenvalue weighted by molar-refractivity contribution is 0.0915. The van der Waals surface area contributed by atoms with E-state index in [4.69, 9.17) is 4.74 Å². The van der Waals surface area contributed by atoms with Crippen LogP contribution in [0.4, 0.5) is 4.79 Å². The lowest BCUT2D eigenvalue weighted by Crippen LogP contribution is -2.41. The van der Waals surface area contributed by atoms with Gasteiger partial charge in [0.25, 0.3) is 0 Å². The van der Waals surface area contributed by atoms with Crippen LogP contribution < -0.4 is 5.32 Å². The third-order valence-corrected chi connectivity index (χ3v) is 2.80. The van der Waals surface area contributed by atoms with E-state index in [1.54, 1.807) is 0 Å². The Bertz CT molecular complexity index is 696. The summed E-state index contributed by atoms with van der Waals surface area (Å²) in [6, 6.07) is 9.21. The Morgan fingerprint density at radius 2 is 1.67 bits per heavy atom. The van der Waals surface area contributed by atoms with E-state index >= 15 is 0 Å². The molecule has 0 bridgehead atoms. The molecule has 126 valence electrons. The van der Waals surface area contributed by atoms with Gasteiger partial charge in [-0.1, -0.05) is 30.3 Å². The first-order valence-electron chi connectivity index (χ1n) is 7.46. The Hall–Kier alpha value is -2.90. The van der Waals surface area contributed by atoms with Gasteiger partial charge in [0.2, 0.25) is 17.4 Å². The summed E-state index contributed by atoms with van der Waals surface area (Å²) in [7, 11) is 0. The van der Waals surface area contributed by atoms with E-state index in [1.165, 1.54) is 0 Å². The number of rotatable bonds is 5. The highest BCUT2D eigenvalue weighted by atomic mass is 16.5. The topological polar surface area (TPSA) is 107 Å². The zero-order valence-electron chi connectivity index (χ0n) is 13.8. The molecule has 1 aromatic heterocycles. The minimum Gasteiger partial charge on any atom is -0.449 e. The van der Waals surface area contributed by atoms with E-state index in [0.29, 0.717) is 5.82 Å². The summed E-state index contributed by atoms with van der Waals surface area (Å²) in [5.41, 5.74) is 0.365. The fourth-order valence-corrected chi connectivity index (χ4v) is 1.73. The van der Waals surface area contributed by atoms with Crippen molar-refractivity contribution in [2.45, 2.75) is 32.7 Å². The molecule has 0 radical (unpaired) electrons. The Balaban J connectivity index is 1.86. The van der Waals surface area contributed by atoms with Crippen molar-refractivity contribution < 1.29 is 14.3 Å². The van der Waals surface area contributed by atoms with Crippen molar-refractivity contribution in [1.29, 1.82) is 0 Å². The SMILES string of the molecule is CC(C)(C)NC(=O)OCCC(=O)c1nnc(-c2ccccc2)nn1. The number of carbonyl (C=O) groups excluding carboxylic acids is 2. The van der Waals surface area contributed by atoms with Gasteiger partial charge in [-0.2, -0.15) is 0 Å². The Labute approximate surface area is 139 Å². The molecular formula is C16H19N5O3. The predicted octanol–water partition coefficient (Wildman–Crippen LogP) is 2.03. The summed E-state index contributed by atoms with van der Waals surface area (Å²) in [5, 5.41) is 18.0. The summed E-state index contributed by atoms with van der Waals surface area (Å²) >= 11 is 0. The summed E-state index contributed by atoms with van der Waals surface area (Å²) in [6.45, 7) is 5.43. The number of ether oxygens (including phenoxy) is 1. The minimum absolute atomic E-state index is 0.0361. The number of benzene rings is 1. The molecule has 0 aliphatic rings. The smallest absolute Gasteiger partial charge is 0.407 e. The lowest BCUT2D eigenvalue weighted by atomic mass is 10.1. The molecule has 8 nitrogen and oxygen atoms in total. The molecule has 1 amide bonds. The number of nitrogens with zero attached hydrogens (tertiary/aromatic N) is 4. The van der Waals surface area contributed by atoms with E-state index in [2.05, 4.69) is 25.7 Å². The van der Waals surface area contributed by atoms with Gasteiger partial charge >= 0.3 is 6.09 Å². The molecular weight excluding hydrogens is 310 g/mol. The number of carbonyl (C=O) groups is 2. The maximum absolute atomic E-state index is 11.9. The number of Topliss-reactive ketones (excluding diaryl/α,β-unsaturated/α-hetero) is 1. The van der Waals surface area contributed by atoms with E-state index in [0.717, 1.165) is 5.56 Å². The second kappa shape index (κ2) is 7.58. The molecule has 0 unspecified atom stereocenters. The molecule has 0 fully saturated rings. The largest absolute Gasteiger partial charge is 0.449 e. The molecule has 2 aromatic rings. The van der Waals surface area contributed by atoms with Crippen molar-refractivity contribution in [2.24, 2.45) is 0 Å². The molecule has 0 saturated carbocycles. The Morgan fingerprint density at radius 1 is 1.04 bits per heavy atom. The average molecular weight is 329 g/mol. The van der Waals surface area contributed by atoms with Crippen LogP contribution in [0.15, 0.2) is 30.3 Å². The molecule has 2 rings (SSSR count). The second-order valence-electron chi connectivity index (χ2n) is 6.10. The highest BCUT2D eigenvalue weighted by molar-refractivity contribution is 5.92. The number of hydrogen-bond donors (Lipinski definition) is 1. The van der Waals surface area contributed by atoms with Gasteiger partial charge in [0.05, 0.1) is 0 Å². The van der Waals surface area contributed by atoms with Crippen LogP contribution in [0.1, 0.15) is 37.8 Å². The first-order valence-corrected chi connectivity index (χ1v) is 7.46. The van der Waals surface area contributed by atoms with E-state index in [-0.39, 0.29) is 18.9 Å². The molecule has 0 saturated heterocycles. The van der Waals surface area contributed by atoms with Crippen molar-refractivity contribution >= 4 is 11.9 Å². The van der Waals surface area contributed by atoms with Crippen molar-refractivity contribution in [3.05, 3.63) is 36.2 Å². The van der Waals surface area contributed by atoms with Gasteiger partial charge in [-0.15, -0.1) is 20.4 Å². The molecule has 1 N–H and O–H groups in total. The summed E-state index contributed by atoms with van der Waals surface area (Å²) in [5.74, 6) is -0.152. The summed E-state index contributed by atoms with van der Waals surface area (Å²) in [6.07, 6.45) is -0.613. The van der Waals surface area contributed by atoms with Crippen LogP contribution in [0, 0.1) is 0 Å². The fourth-order valence-electron chi connectivity index (χ4n) is 1.73. The molecule has 24 heavy (non-hydrogen) atoms. The highest BCUT2D eigenvalue weighted by Gasteiger charge is 2.16. The molecule has 8 heteroatoms. The van der Waals surface area contributed by atoms with Gasteiger partial charge in [-0.05, 0) is 20.8 Å². The molecule has 0 atom stereocenters. The predicted molar refractivity (Wildman–Crippen MR) is 86.2 cm³/mol.